The lowest BCUT2D eigenvalue weighted by Crippen LogP contribution is -2.36. The third-order valence-corrected chi connectivity index (χ3v) is 24.7. The van der Waals surface area contributed by atoms with Crippen LogP contribution in [0.1, 0.15) is 117 Å². The van der Waals surface area contributed by atoms with Crippen molar-refractivity contribution in [2.75, 3.05) is 54.0 Å². The van der Waals surface area contributed by atoms with Gasteiger partial charge in [-0.25, -0.2) is 37.5 Å². The molecule has 542 valence electrons. The van der Waals surface area contributed by atoms with Crippen molar-refractivity contribution in [1.82, 2.24) is 57.8 Å². The van der Waals surface area contributed by atoms with Gasteiger partial charge in [-0.15, -0.1) is 0 Å². The van der Waals surface area contributed by atoms with E-state index in [1.165, 1.54) is 60.3 Å². The van der Waals surface area contributed by atoms with Crippen molar-refractivity contribution >= 4 is 33.0 Å². The lowest BCUT2D eigenvalue weighted by Gasteiger charge is -2.37. The summed E-state index contributed by atoms with van der Waals surface area (Å²) in [6.07, 6.45) is 35.2. The standard InChI is InChI=1S/2C25H24FN5.C21H19BrFN3.C16H17FN2/c2*1-29-15-19(13-28-29)17-5-7-20(8-6-17)30-11-9-18(10-12-30)25-24-21(3-2-4-22(24)26)23-14-27-16-31(23)25;22-15-4-6-16(7-5-15)25-10-8-14(9-11-25)21-20-17(2-1-3-18(20)23)19-12-24-13-26(19)21;17-13-8-4-7-12-14-9-18-10-19(14)16(15(12)13)11-5-2-1-3-6-11/h2*2-8,13-16,18,25H,9-12H2,1H3;1-7,12-14,21H,8-11H2;4,7-11,16H,1-3,5-6H2. The molecule has 8 aliphatic rings. The maximum Gasteiger partial charge on any atom is 0.129 e. The fourth-order valence-electron chi connectivity index (χ4n) is 19.0. The van der Waals surface area contributed by atoms with E-state index in [-0.39, 0.29) is 47.4 Å². The summed E-state index contributed by atoms with van der Waals surface area (Å²) < 4.78 is 72.1. The Morgan fingerprint density at radius 1 is 0.318 bits per heavy atom. The summed E-state index contributed by atoms with van der Waals surface area (Å²) in [5.41, 5.74) is 20.0. The zero-order chi connectivity index (χ0) is 72.4. The molecule has 15 nitrogen and oxygen atoms in total. The number of hydrogen-bond acceptors (Lipinski definition) is 9. The Labute approximate surface area is 629 Å². The third kappa shape index (κ3) is 12.8. The second-order valence-electron chi connectivity index (χ2n) is 30.1. The van der Waals surface area contributed by atoms with Crippen molar-refractivity contribution in [3.8, 4) is 67.3 Å². The number of rotatable bonds is 9. The minimum Gasteiger partial charge on any atom is -0.372 e. The first-order valence-electron chi connectivity index (χ1n) is 37.9. The van der Waals surface area contributed by atoms with Crippen molar-refractivity contribution in [3.63, 3.8) is 0 Å². The molecule has 0 N–H and O–H groups in total. The van der Waals surface area contributed by atoms with Gasteiger partial charge in [-0.05, 0) is 159 Å². The number of imidazole rings is 4. The van der Waals surface area contributed by atoms with Gasteiger partial charge < -0.3 is 33.0 Å². The number of halogens is 5. The van der Waals surface area contributed by atoms with Crippen LogP contribution in [0.15, 0.2) is 225 Å². The van der Waals surface area contributed by atoms with Crippen LogP contribution in [0.2, 0.25) is 0 Å². The molecule has 0 radical (unpaired) electrons. The summed E-state index contributed by atoms with van der Waals surface area (Å²) in [7, 11) is 3.87. The molecule has 107 heavy (non-hydrogen) atoms. The second-order valence-corrected chi connectivity index (χ2v) is 31.0. The number of anilines is 3. The van der Waals surface area contributed by atoms with E-state index in [4.69, 9.17) is 0 Å². The van der Waals surface area contributed by atoms with Crippen molar-refractivity contribution in [2.45, 2.75) is 94.8 Å². The molecule has 1 aliphatic carbocycles. The lowest BCUT2D eigenvalue weighted by molar-refractivity contribution is 0.281. The molecule has 1 saturated carbocycles. The van der Waals surface area contributed by atoms with Gasteiger partial charge in [0, 0.05) is 143 Å². The van der Waals surface area contributed by atoms with E-state index in [0.29, 0.717) is 23.7 Å². The zero-order valence-electron chi connectivity index (χ0n) is 60.0. The van der Waals surface area contributed by atoms with Crippen LogP contribution in [-0.4, -0.2) is 97.0 Å². The summed E-state index contributed by atoms with van der Waals surface area (Å²) in [6.45, 7) is 5.89. The van der Waals surface area contributed by atoms with E-state index < -0.39 is 0 Å². The van der Waals surface area contributed by atoms with E-state index in [0.717, 1.165) is 161 Å². The highest BCUT2D eigenvalue weighted by Crippen LogP contribution is 2.52. The first-order chi connectivity index (χ1) is 52.5. The van der Waals surface area contributed by atoms with Gasteiger partial charge in [0.05, 0.1) is 109 Å². The summed E-state index contributed by atoms with van der Waals surface area (Å²) in [6, 6.07) is 47.9. The second kappa shape index (κ2) is 28.9. The number of aryl methyl sites for hydroxylation is 2. The van der Waals surface area contributed by atoms with Gasteiger partial charge in [-0.1, -0.05) is 108 Å². The SMILES string of the molecule is Cn1cc(-c2ccc(N3CCC(C4c5c(F)cccc5-c5cncn54)CC3)cc2)cn1.Cn1cc(-c2ccc(N3CCC(C4c5c(F)cccc5-c5cncn54)CC3)cc2)cn1.Fc1cccc2c1C(C1CCCCC1)n1cncc1-2.Fc1cccc2c1C(C1CCN(c3ccc(Br)cc3)CC1)n1cncc1-2. The Morgan fingerprint density at radius 2 is 0.598 bits per heavy atom. The molecule has 4 fully saturated rings. The normalized spacial score (nSPS) is 19.3. The molecule has 20 heteroatoms. The first kappa shape index (κ1) is 68.2. The van der Waals surface area contributed by atoms with Gasteiger partial charge in [-0.3, -0.25) is 9.36 Å². The molecule has 3 saturated heterocycles. The monoisotopic (exact) mass is 1490 g/mol. The maximum atomic E-state index is 14.8. The van der Waals surface area contributed by atoms with Crippen molar-refractivity contribution < 1.29 is 17.6 Å². The number of benzene rings is 7. The number of aromatic nitrogens is 12. The Kier molecular flexibility index (Phi) is 18.5. The summed E-state index contributed by atoms with van der Waals surface area (Å²) >= 11 is 3.49. The van der Waals surface area contributed by atoms with Crippen LogP contribution < -0.4 is 14.7 Å². The van der Waals surface area contributed by atoms with Crippen molar-refractivity contribution in [1.29, 1.82) is 0 Å². The Bertz CT molecular complexity index is 5120. The molecule has 7 aliphatic heterocycles. The Hall–Kier alpha value is -10.6. The highest BCUT2D eigenvalue weighted by atomic mass is 79.9. The van der Waals surface area contributed by atoms with Gasteiger partial charge in [0.2, 0.25) is 0 Å². The van der Waals surface area contributed by atoms with Gasteiger partial charge in [0.15, 0.2) is 0 Å². The van der Waals surface area contributed by atoms with Crippen LogP contribution in [-0.2, 0) is 14.1 Å². The highest BCUT2D eigenvalue weighted by molar-refractivity contribution is 9.10. The maximum absolute atomic E-state index is 14.8. The molecule has 0 spiro atoms. The molecule has 4 unspecified atom stereocenters. The van der Waals surface area contributed by atoms with Crippen molar-refractivity contribution in [2.24, 2.45) is 37.8 Å². The predicted molar refractivity (Wildman–Crippen MR) is 416 cm³/mol. The van der Waals surface area contributed by atoms with Gasteiger partial charge in [0.1, 0.15) is 23.3 Å². The third-order valence-electron chi connectivity index (χ3n) is 24.1. The van der Waals surface area contributed by atoms with Crippen LogP contribution in [0.3, 0.4) is 0 Å². The summed E-state index contributed by atoms with van der Waals surface area (Å²) in [5, 5.41) is 8.52. The molecule has 6 aromatic heterocycles. The van der Waals surface area contributed by atoms with E-state index in [1.54, 1.807) is 48.5 Å². The highest BCUT2D eigenvalue weighted by Gasteiger charge is 2.42. The topological polar surface area (TPSA) is 117 Å². The Balaban J connectivity index is 0.000000102. The number of nitrogens with zero attached hydrogens (tertiary/aromatic N) is 15. The van der Waals surface area contributed by atoms with Crippen LogP contribution >= 0.6 is 15.9 Å². The van der Waals surface area contributed by atoms with Gasteiger partial charge >= 0.3 is 0 Å². The molecule has 0 amide bonds. The minimum atomic E-state index is -0.0976. The Morgan fingerprint density at radius 3 is 0.879 bits per heavy atom. The van der Waals surface area contributed by atoms with Crippen LogP contribution in [0.4, 0.5) is 34.6 Å². The molecular formula is C87H84BrF4N15. The molecule has 7 aromatic carbocycles. The van der Waals surface area contributed by atoms with E-state index in [1.807, 2.05) is 123 Å². The lowest BCUT2D eigenvalue weighted by atomic mass is 9.81. The molecule has 21 rings (SSSR count). The number of hydrogen-bond donors (Lipinski definition) is 0. The largest absolute Gasteiger partial charge is 0.372 e. The zero-order valence-corrected chi connectivity index (χ0v) is 61.6. The molecule has 13 heterocycles. The molecule has 13 aromatic rings. The van der Waals surface area contributed by atoms with Crippen LogP contribution in [0.5, 0.6) is 0 Å². The van der Waals surface area contributed by atoms with E-state index in [2.05, 4.69) is 152 Å². The quantitative estimate of drug-likeness (QED) is 0.130. The summed E-state index contributed by atoms with van der Waals surface area (Å²) in [5.74, 6) is 1.43. The first-order valence-corrected chi connectivity index (χ1v) is 38.7. The van der Waals surface area contributed by atoms with E-state index >= 15 is 0 Å². The minimum absolute atomic E-state index is 0.0452. The average Bonchev–Trinajstić information content (AvgIpc) is 1.61. The fraction of sp³-hybridized carbons (Fsp3) is 0.310. The average molecular weight is 1500 g/mol. The predicted octanol–water partition coefficient (Wildman–Crippen LogP) is 19.3. The molecular weight excluding hydrogens is 1410 g/mol. The summed E-state index contributed by atoms with van der Waals surface area (Å²) in [4.78, 5) is 24.6. The molecule has 4 atom stereocenters. The fourth-order valence-corrected chi connectivity index (χ4v) is 19.2. The van der Waals surface area contributed by atoms with Crippen molar-refractivity contribution in [3.05, 3.63) is 270 Å². The van der Waals surface area contributed by atoms with Gasteiger partial charge in [0.25, 0.3) is 0 Å². The molecule has 0 bridgehead atoms. The van der Waals surface area contributed by atoms with Crippen LogP contribution in [0.25, 0.3) is 67.3 Å². The number of fused-ring (bicyclic) bond motifs is 12. The van der Waals surface area contributed by atoms with E-state index in [9.17, 15) is 17.6 Å². The van der Waals surface area contributed by atoms with Gasteiger partial charge in [-0.2, -0.15) is 10.2 Å². The van der Waals surface area contributed by atoms with Crippen LogP contribution in [0, 0.1) is 46.9 Å². The smallest absolute Gasteiger partial charge is 0.129 e. The number of piperidine rings is 3.